The molecule has 2 aromatic heterocycles. The summed E-state index contributed by atoms with van der Waals surface area (Å²) in [5.41, 5.74) is 3.36. The summed E-state index contributed by atoms with van der Waals surface area (Å²) in [6, 6.07) is 14.1. The maximum absolute atomic E-state index is 5.90. The lowest BCUT2D eigenvalue weighted by atomic mass is 10.1. The van der Waals surface area contributed by atoms with Crippen LogP contribution in [0.3, 0.4) is 0 Å². The third kappa shape index (κ3) is 4.80. The van der Waals surface area contributed by atoms with Crippen LogP contribution in [0.2, 0.25) is 0 Å². The molecule has 0 bridgehead atoms. The minimum absolute atomic E-state index is 0.179. The van der Waals surface area contributed by atoms with E-state index in [-0.39, 0.29) is 6.04 Å². The summed E-state index contributed by atoms with van der Waals surface area (Å²) in [5.74, 6) is 1.46. The van der Waals surface area contributed by atoms with Gasteiger partial charge < -0.3 is 14.8 Å². The van der Waals surface area contributed by atoms with Crippen LogP contribution in [0.1, 0.15) is 29.7 Å². The van der Waals surface area contributed by atoms with Crippen molar-refractivity contribution < 1.29 is 9.47 Å². The van der Waals surface area contributed by atoms with Gasteiger partial charge in [-0.05, 0) is 53.9 Å². The normalized spacial score (nSPS) is 11.8. The largest absolute Gasteiger partial charge is 0.493 e. The fourth-order valence-corrected chi connectivity index (χ4v) is 2.60. The molecule has 0 saturated heterocycles. The van der Waals surface area contributed by atoms with Crippen molar-refractivity contribution >= 4 is 0 Å². The van der Waals surface area contributed by atoms with Crippen LogP contribution < -0.4 is 14.8 Å². The third-order valence-corrected chi connectivity index (χ3v) is 4.17. The SMILES string of the molecule is COc1cc(C(C)NCc2cccnc2)ccc1OCc1ccncc1. The lowest BCUT2D eigenvalue weighted by molar-refractivity contribution is 0.284. The minimum atomic E-state index is 0.179. The number of nitrogens with zero attached hydrogens (tertiary/aromatic N) is 2. The fourth-order valence-electron chi connectivity index (χ4n) is 2.60. The average Bonchev–Trinajstić information content (AvgIpc) is 2.72. The molecule has 0 saturated carbocycles. The first kappa shape index (κ1) is 17.9. The van der Waals surface area contributed by atoms with E-state index in [1.165, 1.54) is 0 Å². The van der Waals surface area contributed by atoms with Crippen molar-refractivity contribution in [3.8, 4) is 11.5 Å². The molecule has 1 N–H and O–H groups in total. The molecule has 3 rings (SSSR count). The Bertz CT molecular complexity index is 810. The average molecular weight is 349 g/mol. The number of benzene rings is 1. The van der Waals surface area contributed by atoms with Gasteiger partial charge in [0.25, 0.3) is 0 Å². The van der Waals surface area contributed by atoms with Crippen LogP contribution in [0.4, 0.5) is 0 Å². The summed E-state index contributed by atoms with van der Waals surface area (Å²) in [6.45, 7) is 3.37. The Hall–Kier alpha value is -2.92. The van der Waals surface area contributed by atoms with Gasteiger partial charge in [0.2, 0.25) is 0 Å². The number of hydrogen-bond acceptors (Lipinski definition) is 5. The Balaban J connectivity index is 1.63. The number of pyridine rings is 2. The van der Waals surface area contributed by atoms with E-state index in [1.807, 2.05) is 36.5 Å². The molecule has 1 atom stereocenters. The summed E-state index contributed by atoms with van der Waals surface area (Å²) in [7, 11) is 1.66. The van der Waals surface area contributed by atoms with Gasteiger partial charge in [0.1, 0.15) is 6.61 Å². The minimum Gasteiger partial charge on any atom is -0.493 e. The molecule has 2 heterocycles. The predicted octanol–water partition coefficient (Wildman–Crippen LogP) is 3.92. The lowest BCUT2D eigenvalue weighted by Crippen LogP contribution is -2.18. The van der Waals surface area contributed by atoms with Crippen LogP contribution >= 0.6 is 0 Å². The third-order valence-electron chi connectivity index (χ3n) is 4.17. The van der Waals surface area contributed by atoms with Crippen molar-refractivity contribution in [1.29, 1.82) is 0 Å². The Kier molecular flexibility index (Phi) is 6.17. The van der Waals surface area contributed by atoms with Crippen LogP contribution in [0.15, 0.2) is 67.3 Å². The van der Waals surface area contributed by atoms with Crippen molar-refractivity contribution in [1.82, 2.24) is 15.3 Å². The molecular weight excluding hydrogens is 326 g/mol. The van der Waals surface area contributed by atoms with E-state index in [0.29, 0.717) is 6.61 Å². The first-order valence-electron chi connectivity index (χ1n) is 8.58. The molecule has 0 amide bonds. The summed E-state index contributed by atoms with van der Waals surface area (Å²) in [6.07, 6.45) is 7.17. The maximum atomic E-state index is 5.90. The first-order valence-corrected chi connectivity index (χ1v) is 8.58. The Morgan fingerprint density at radius 1 is 0.962 bits per heavy atom. The standard InChI is InChI=1S/C21H23N3O2/c1-16(24-14-18-4-3-9-23-13-18)19-5-6-20(21(12-19)25-2)26-15-17-7-10-22-11-8-17/h3-13,16,24H,14-15H2,1-2H3. The summed E-state index contributed by atoms with van der Waals surface area (Å²) in [5, 5.41) is 3.50. The summed E-state index contributed by atoms with van der Waals surface area (Å²) < 4.78 is 11.4. The molecular formula is C21H23N3O2. The number of hydrogen-bond donors (Lipinski definition) is 1. The zero-order valence-electron chi connectivity index (χ0n) is 15.1. The molecule has 1 unspecified atom stereocenters. The number of nitrogens with one attached hydrogen (secondary N) is 1. The van der Waals surface area contributed by atoms with E-state index in [4.69, 9.17) is 9.47 Å². The topological polar surface area (TPSA) is 56.3 Å². The van der Waals surface area contributed by atoms with Gasteiger partial charge in [-0.3, -0.25) is 9.97 Å². The lowest BCUT2D eigenvalue weighted by Gasteiger charge is -2.17. The fraction of sp³-hybridized carbons (Fsp3) is 0.238. The summed E-state index contributed by atoms with van der Waals surface area (Å²) >= 11 is 0. The zero-order chi connectivity index (χ0) is 18.2. The van der Waals surface area contributed by atoms with E-state index in [9.17, 15) is 0 Å². The molecule has 0 fully saturated rings. The first-order chi connectivity index (χ1) is 12.8. The molecule has 5 nitrogen and oxygen atoms in total. The van der Waals surface area contributed by atoms with Gasteiger partial charge in [0.15, 0.2) is 11.5 Å². The molecule has 0 aliphatic heterocycles. The Morgan fingerprint density at radius 3 is 2.54 bits per heavy atom. The van der Waals surface area contributed by atoms with Gasteiger partial charge in [-0.2, -0.15) is 0 Å². The molecule has 5 heteroatoms. The van der Waals surface area contributed by atoms with Gasteiger partial charge in [-0.15, -0.1) is 0 Å². The Labute approximate surface area is 154 Å². The molecule has 0 aliphatic rings. The van der Waals surface area contributed by atoms with Crippen molar-refractivity contribution in [3.63, 3.8) is 0 Å². The Morgan fingerprint density at radius 2 is 1.81 bits per heavy atom. The molecule has 1 aromatic carbocycles. The number of ether oxygens (including phenoxy) is 2. The van der Waals surface area contributed by atoms with Gasteiger partial charge in [0.05, 0.1) is 7.11 Å². The highest BCUT2D eigenvalue weighted by molar-refractivity contribution is 5.44. The second-order valence-corrected chi connectivity index (χ2v) is 6.02. The van der Waals surface area contributed by atoms with E-state index >= 15 is 0 Å². The van der Waals surface area contributed by atoms with Gasteiger partial charge in [-0.25, -0.2) is 0 Å². The predicted molar refractivity (Wildman–Crippen MR) is 101 cm³/mol. The van der Waals surface area contributed by atoms with Crippen LogP contribution in [0.25, 0.3) is 0 Å². The van der Waals surface area contributed by atoms with Crippen molar-refractivity contribution in [2.75, 3.05) is 7.11 Å². The van der Waals surface area contributed by atoms with Gasteiger partial charge in [0, 0.05) is 37.4 Å². The highest BCUT2D eigenvalue weighted by Gasteiger charge is 2.11. The van der Waals surface area contributed by atoms with Crippen molar-refractivity contribution in [2.24, 2.45) is 0 Å². The second-order valence-electron chi connectivity index (χ2n) is 6.02. The molecule has 0 radical (unpaired) electrons. The molecule has 26 heavy (non-hydrogen) atoms. The molecule has 0 aliphatic carbocycles. The van der Waals surface area contributed by atoms with Gasteiger partial charge in [-0.1, -0.05) is 12.1 Å². The van der Waals surface area contributed by atoms with Crippen LogP contribution in [0.5, 0.6) is 11.5 Å². The smallest absolute Gasteiger partial charge is 0.161 e. The van der Waals surface area contributed by atoms with E-state index in [1.54, 1.807) is 25.7 Å². The van der Waals surface area contributed by atoms with E-state index in [2.05, 4.69) is 34.3 Å². The van der Waals surface area contributed by atoms with Crippen LogP contribution in [-0.4, -0.2) is 17.1 Å². The van der Waals surface area contributed by atoms with E-state index in [0.717, 1.165) is 34.7 Å². The van der Waals surface area contributed by atoms with Crippen LogP contribution in [0, 0.1) is 0 Å². The van der Waals surface area contributed by atoms with Crippen molar-refractivity contribution in [2.45, 2.75) is 26.1 Å². The number of aromatic nitrogens is 2. The molecule has 134 valence electrons. The highest BCUT2D eigenvalue weighted by atomic mass is 16.5. The maximum Gasteiger partial charge on any atom is 0.161 e. The highest BCUT2D eigenvalue weighted by Crippen LogP contribution is 2.31. The quantitative estimate of drug-likeness (QED) is 0.668. The molecule has 0 spiro atoms. The van der Waals surface area contributed by atoms with Crippen molar-refractivity contribution in [3.05, 3.63) is 83.9 Å². The van der Waals surface area contributed by atoms with Gasteiger partial charge >= 0.3 is 0 Å². The number of rotatable bonds is 8. The van der Waals surface area contributed by atoms with Crippen LogP contribution in [-0.2, 0) is 13.2 Å². The number of methoxy groups -OCH3 is 1. The summed E-state index contributed by atoms with van der Waals surface area (Å²) in [4.78, 5) is 8.15. The second kappa shape index (κ2) is 8.97. The van der Waals surface area contributed by atoms with E-state index < -0.39 is 0 Å². The monoisotopic (exact) mass is 349 g/mol. The zero-order valence-corrected chi connectivity index (χ0v) is 15.1. The molecule has 3 aromatic rings.